The lowest BCUT2D eigenvalue weighted by molar-refractivity contribution is -0.126. The van der Waals surface area contributed by atoms with Gasteiger partial charge in [0.2, 0.25) is 5.91 Å². The van der Waals surface area contributed by atoms with Crippen molar-refractivity contribution in [2.24, 2.45) is 0 Å². The molecule has 1 fully saturated rings. The highest BCUT2D eigenvalue weighted by Crippen LogP contribution is 2.29. The first-order valence-electron chi connectivity index (χ1n) is 8.46. The van der Waals surface area contributed by atoms with Gasteiger partial charge in [-0.15, -0.1) is 0 Å². The van der Waals surface area contributed by atoms with E-state index in [-0.39, 0.29) is 11.9 Å². The number of ether oxygens (including phenoxy) is 1. The predicted octanol–water partition coefficient (Wildman–Crippen LogP) is 3.80. The Bertz CT molecular complexity index is 732. The van der Waals surface area contributed by atoms with Crippen LogP contribution in [0.4, 0.5) is 0 Å². The molecule has 25 heavy (non-hydrogen) atoms. The maximum atomic E-state index is 12.8. The number of likely N-dealkylation sites (N-methyl/N-ethyl adjacent to an activating group) is 1. The number of benzene rings is 2. The van der Waals surface area contributed by atoms with Gasteiger partial charge in [-0.2, -0.15) is 0 Å². The molecule has 1 N–H and O–H groups in total. The number of carbonyl (C=O) groups excluding carboxylic acids is 1. The molecule has 0 aromatic heterocycles. The Morgan fingerprint density at radius 2 is 2.00 bits per heavy atom. The number of rotatable bonds is 7. The molecule has 2 aromatic rings. The Hall–Kier alpha value is -2.04. The molecule has 1 aliphatic carbocycles. The lowest BCUT2D eigenvalue weighted by Gasteiger charge is -2.28. The van der Waals surface area contributed by atoms with Crippen LogP contribution < -0.4 is 10.1 Å². The number of methoxy groups -OCH3 is 1. The molecule has 0 aliphatic heterocycles. The molecule has 0 saturated heterocycles. The number of nitrogens with one attached hydrogen (secondary N) is 1. The minimum absolute atomic E-state index is 0.0391. The van der Waals surface area contributed by atoms with Crippen molar-refractivity contribution in [3.8, 4) is 5.75 Å². The number of nitrogens with zero attached hydrogens (tertiary/aromatic N) is 1. The predicted molar refractivity (Wildman–Crippen MR) is 99.8 cm³/mol. The first-order valence-corrected chi connectivity index (χ1v) is 8.84. The van der Waals surface area contributed by atoms with Gasteiger partial charge in [-0.05, 0) is 43.7 Å². The Balaban J connectivity index is 1.84. The zero-order valence-corrected chi connectivity index (χ0v) is 15.3. The lowest BCUT2D eigenvalue weighted by atomic mass is 10.0. The molecule has 5 heteroatoms. The van der Waals surface area contributed by atoms with Crippen LogP contribution in [0.15, 0.2) is 48.5 Å². The van der Waals surface area contributed by atoms with E-state index in [1.807, 2.05) is 54.4 Å². The van der Waals surface area contributed by atoms with Gasteiger partial charge in [0, 0.05) is 23.2 Å². The van der Waals surface area contributed by atoms with E-state index in [9.17, 15) is 4.79 Å². The molecule has 3 rings (SSSR count). The molecule has 132 valence electrons. The second-order valence-corrected chi connectivity index (χ2v) is 6.90. The second-order valence-electron chi connectivity index (χ2n) is 6.47. The van der Waals surface area contributed by atoms with Crippen molar-refractivity contribution in [2.75, 3.05) is 14.2 Å². The van der Waals surface area contributed by atoms with Crippen molar-refractivity contribution in [1.29, 1.82) is 0 Å². The first-order chi connectivity index (χ1) is 12.1. The van der Waals surface area contributed by atoms with Gasteiger partial charge in [-0.1, -0.05) is 41.9 Å². The van der Waals surface area contributed by atoms with Gasteiger partial charge in [-0.3, -0.25) is 9.69 Å². The normalized spacial score (nSPS) is 15.0. The van der Waals surface area contributed by atoms with Crippen molar-refractivity contribution in [3.05, 3.63) is 64.7 Å². The highest BCUT2D eigenvalue weighted by molar-refractivity contribution is 6.30. The molecule has 1 saturated carbocycles. The van der Waals surface area contributed by atoms with Crippen molar-refractivity contribution < 1.29 is 9.53 Å². The summed E-state index contributed by atoms with van der Waals surface area (Å²) in [6, 6.07) is 15.4. The van der Waals surface area contributed by atoms with Gasteiger partial charge in [0.15, 0.2) is 0 Å². The molecule has 0 heterocycles. The van der Waals surface area contributed by atoms with Crippen LogP contribution in [0.5, 0.6) is 5.75 Å². The maximum Gasteiger partial charge on any atom is 0.242 e. The molecular weight excluding hydrogens is 336 g/mol. The van der Waals surface area contributed by atoms with Gasteiger partial charge in [-0.25, -0.2) is 0 Å². The van der Waals surface area contributed by atoms with Gasteiger partial charge >= 0.3 is 0 Å². The van der Waals surface area contributed by atoms with Crippen molar-refractivity contribution in [3.63, 3.8) is 0 Å². The van der Waals surface area contributed by atoms with E-state index in [2.05, 4.69) is 5.32 Å². The topological polar surface area (TPSA) is 41.6 Å². The van der Waals surface area contributed by atoms with Gasteiger partial charge in [0.1, 0.15) is 11.8 Å². The molecule has 1 amide bonds. The van der Waals surface area contributed by atoms with Crippen molar-refractivity contribution in [1.82, 2.24) is 10.2 Å². The van der Waals surface area contributed by atoms with Crippen LogP contribution in [0, 0.1) is 0 Å². The minimum atomic E-state index is -0.356. The van der Waals surface area contributed by atoms with Crippen molar-refractivity contribution in [2.45, 2.75) is 31.5 Å². The van der Waals surface area contributed by atoms with E-state index >= 15 is 0 Å². The van der Waals surface area contributed by atoms with Gasteiger partial charge < -0.3 is 10.1 Å². The largest absolute Gasteiger partial charge is 0.496 e. The van der Waals surface area contributed by atoms with E-state index in [1.54, 1.807) is 13.2 Å². The SMILES string of the molecule is COc1ccc(Cl)cc1CN(C)C(C(=O)NC1CC1)c1ccccc1. The highest BCUT2D eigenvalue weighted by Gasteiger charge is 2.31. The highest BCUT2D eigenvalue weighted by atomic mass is 35.5. The number of amides is 1. The summed E-state index contributed by atoms with van der Waals surface area (Å²) in [5.74, 6) is 0.808. The standard InChI is InChI=1S/C20H23ClN2O2/c1-23(13-15-12-16(21)8-11-18(15)25-2)19(14-6-4-3-5-7-14)20(24)22-17-9-10-17/h3-8,11-12,17,19H,9-10,13H2,1-2H3,(H,22,24). The van der Waals surface area contributed by atoms with Crippen LogP contribution in [0.1, 0.15) is 30.0 Å². The molecule has 1 unspecified atom stereocenters. The van der Waals surface area contributed by atoms with Crippen LogP contribution in [0.2, 0.25) is 5.02 Å². The fourth-order valence-corrected chi connectivity index (χ4v) is 3.17. The molecular formula is C20H23ClN2O2. The molecule has 0 bridgehead atoms. The minimum Gasteiger partial charge on any atom is -0.496 e. The van der Waals surface area contributed by atoms with E-state index < -0.39 is 0 Å². The summed E-state index contributed by atoms with van der Waals surface area (Å²) in [6.07, 6.45) is 2.14. The third-order valence-electron chi connectivity index (χ3n) is 4.39. The van der Waals surface area contributed by atoms with Gasteiger partial charge in [0.25, 0.3) is 0 Å². The maximum absolute atomic E-state index is 12.8. The third-order valence-corrected chi connectivity index (χ3v) is 4.63. The molecule has 0 spiro atoms. The van der Waals surface area contributed by atoms with Crippen LogP contribution in [0.3, 0.4) is 0 Å². The van der Waals surface area contributed by atoms with Crippen LogP contribution >= 0.6 is 11.6 Å². The molecule has 2 aromatic carbocycles. The lowest BCUT2D eigenvalue weighted by Crippen LogP contribution is -2.39. The Labute approximate surface area is 153 Å². The zero-order chi connectivity index (χ0) is 17.8. The fourth-order valence-electron chi connectivity index (χ4n) is 2.98. The number of carbonyl (C=O) groups is 1. The average Bonchev–Trinajstić information content (AvgIpc) is 3.40. The Kier molecular flexibility index (Phi) is 5.61. The molecule has 1 atom stereocenters. The van der Waals surface area contributed by atoms with E-state index in [0.717, 1.165) is 29.7 Å². The van der Waals surface area contributed by atoms with Crippen molar-refractivity contribution >= 4 is 17.5 Å². The fraction of sp³-hybridized carbons (Fsp3) is 0.350. The van der Waals surface area contributed by atoms with Crippen LogP contribution in [-0.2, 0) is 11.3 Å². The smallest absolute Gasteiger partial charge is 0.242 e. The average molecular weight is 359 g/mol. The van der Waals surface area contributed by atoms with Crippen LogP contribution in [0.25, 0.3) is 0 Å². The second kappa shape index (κ2) is 7.89. The summed E-state index contributed by atoms with van der Waals surface area (Å²) in [5, 5.41) is 3.78. The summed E-state index contributed by atoms with van der Waals surface area (Å²) in [7, 11) is 3.59. The van der Waals surface area contributed by atoms with Crippen LogP contribution in [-0.4, -0.2) is 31.0 Å². The van der Waals surface area contributed by atoms with Gasteiger partial charge in [0.05, 0.1) is 7.11 Å². The molecule has 4 nitrogen and oxygen atoms in total. The van der Waals surface area contributed by atoms with E-state index in [4.69, 9.17) is 16.3 Å². The Morgan fingerprint density at radius 1 is 1.28 bits per heavy atom. The number of halogens is 1. The first kappa shape index (κ1) is 17.8. The molecule has 0 radical (unpaired) electrons. The summed E-state index contributed by atoms with van der Waals surface area (Å²) < 4.78 is 5.44. The summed E-state index contributed by atoms with van der Waals surface area (Å²) >= 11 is 6.14. The Morgan fingerprint density at radius 3 is 2.64 bits per heavy atom. The zero-order valence-electron chi connectivity index (χ0n) is 14.5. The quantitative estimate of drug-likeness (QED) is 0.818. The summed E-state index contributed by atoms with van der Waals surface area (Å²) in [5.41, 5.74) is 1.93. The number of hydrogen-bond donors (Lipinski definition) is 1. The van der Waals surface area contributed by atoms with E-state index in [1.165, 1.54) is 0 Å². The number of hydrogen-bond acceptors (Lipinski definition) is 3. The summed E-state index contributed by atoms with van der Waals surface area (Å²) in [4.78, 5) is 14.9. The summed E-state index contributed by atoms with van der Waals surface area (Å²) in [6.45, 7) is 0.557. The molecule has 1 aliphatic rings. The third kappa shape index (κ3) is 4.53. The van der Waals surface area contributed by atoms with E-state index in [0.29, 0.717) is 17.6 Å². The monoisotopic (exact) mass is 358 g/mol.